The molecule has 5 nitrogen and oxygen atoms in total. The Hall–Kier alpha value is -3.08. The standard InChI is InChI=1S/C22H23NO4/c1-5-14-11-16(26-4)12-15(6-2)20(14)23-22(25)19-13(3)27-18-10-8-7-9-17(18)21(19)24/h7-12H,5-6H2,1-4H3,(H,23,25). The number of rotatable bonds is 5. The van der Waals surface area contributed by atoms with Crippen molar-refractivity contribution in [2.24, 2.45) is 0 Å². The second-order valence-corrected chi connectivity index (χ2v) is 6.34. The van der Waals surface area contributed by atoms with Gasteiger partial charge in [0.2, 0.25) is 5.43 Å². The summed E-state index contributed by atoms with van der Waals surface area (Å²) in [5.41, 5.74) is 2.84. The summed E-state index contributed by atoms with van der Waals surface area (Å²) in [4.78, 5) is 25.8. The molecule has 2 aromatic carbocycles. The second-order valence-electron chi connectivity index (χ2n) is 6.34. The van der Waals surface area contributed by atoms with Crippen LogP contribution in [0, 0.1) is 6.92 Å². The van der Waals surface area contributed by atoms with Crippen LogP contribution in [0.2, 0.25) is 0 Å². The maximum atomic E-state index is 13.0. The fraction of sp³-hybridized carbons (Fsp3) is 0.273. The molecule has 140 valence electrons. The molecule has 1 N–H and O–H groups in total. The molecule has 5 heteroatoms. The molecule has 0 aliphatic heterocycles. The molecule has 0 fully saturated rings. The maximum Gasteiger partial charge on any atom is 0.263 e. The fourth-order valence-corrected chi connectivity index (χ4v) is 3.26. The number of hydrogen-bond donors (Lipinski definition) is 1. The summed E-state index contributed by atoms with van der Waals surface area (Å²) in [6.07, 6.45) is 1.45. The highest BCUT2D eigenvalue weighted by Crippen LogP contribution is 2.29. The number of para-hydroxylation sites is 1. The quantitative estimate of drug-likeness (QED) is 0.723. The average molecular weight is 365 g/mol. The van der Waals surface area contributed by atoms with E-state index < -0.39 is 5.91 Å². The van der Waals surface area contributed by atoms with Gasteiger partial charge in [0, 0.05) is 5.69 Å². The molecule has 3 rings (SSSR count). The van der Waals surface area contributed by atoms with Crippen molar-refractivity contribution in [2.75, 3.05) is 12.4 Å². The monoisotopic (exact) mass is 365 g/mol. The smallest absolute Gasteiger partial charge is 0.263 e. The van der Waals surface area contributed by atoms with Gasteiger partial charge in [0.1, 0.15) is 22.7 Å². The highest BCUT2D eigenvalue weighted by Gasteiger charge is 2.21. The minimum absolute atomic E-state index is 0.0358. The van der Waals surface area contributed by atoms with Gasteiger partial charge >= 0.3 is 0 Å². The summed E-state index contributed by atoms with van der Waals surface area (Å²) in [5, 5.41) is 3.34. The van der Waals surface area contributed by atoms with Crippen LogP contribution >= 0.6 is 0 Å². The van der Waals surface area contributed by atoms with Crippen molar-refractivity contribution in [3.63, 3.8) is 0 Å². The van der Waals surface area contributed by atoms with E-state index in [2.05, 4.69) is 5.32 Å². The zero-order chi connectivity index (χ0) is 19.6. The van der Waals surface area contributed by atoms with E-state index in [-0.39, 0.29) is 11.0 Å². The van der Waals surface area contributed by atoms with Crippen LogP contribution in [0.5, 0.6) is 5.75 Å². The summed E-state index contributed by atoms with van der Waals surface area (Å²) < 4.78 is 11.1. The van der Waals surface area contributed by atoms with Gasteiger partial charge in [-0.05, 0) is 55.2 Å². The molecule has 0 radical (unpaired) electrons. The summed E-state index contributed by atoms with van der Waals surface area (Å²) >= 11 is 0. The Morgan fingerprint density at radius 2 is 1.74 bits per heavy atom. The Labute approximate surface area is 158 Å². The number of amides is 1. The first-order chi connectivity index (χ1) is 13.0. The highest BCUT2D eigenvalue weighted by molar-refractivity contribution is 6.07. The predicted molar refractivity (Wildman–Crippen MR) is 107 cm³/mol. The van der Waals surface area contributed by atoms with Gasteiger partial charge in [-0.3, -0.25) is 9.59 Å². The third-order valence-electron chi connectivity index (χ3n) is 4.71. The molecule has 1 amide bonds. The van der Waals surface area contributed by atoms with Crippen molar-refractivity contribution in [3.8, 4) is 5.75 Å². The van der Waals surface area contributed by atoms with E-state index in [0.29, 0.717) is 16.7 Å². The Balaban J connectivity index is 2.09. The van der Waals surface area contributed by atoms with Gasteiger partial charge in [0.25, 0.3) is 5.91 Å². The lowest BCUT2D eigenvalue weighted by molar-refractivity contribution is 0.102. The Morgan fingerprint density at radius 3 is 2.33 bits per heavy atom. The van der Waals surface area contributed by atoms with Crippen molar-refractivity contribution in [1.29, 1.82) is 0 Å². The minimum atomic E-state index is -0.457. The number of aryl methyl sites for hydroxylation is 3. The molecule has 1 heterocycles. The average Bonchev–Trinajstić information content (AvgIpc) is 2.68. The molecule has 27 heavy (non-hydrogen) atoms. The number of methoxy groups -OCH3 is 1. The van der Waals surface area contributed by atoms with E-state index in [0.717, 1.165) is 35.4 Å². The van der Waals surface area contributed by atoms with Crippen molar-refractivity contribution in [2.45, 2.75) is 33.6 Å². The van der Waals surface area contributed by atoms with Crippen LogP contribution in [0.25, 0.3) is 11.0 Å². The third-order valence-corrected chi connectivity index (χ3v) is 4.71. The van der Waals surface area contributed by atoms with Gasteiger partial charge in [0.05, 0.1) is 12.5 Å². The molecule has 0 aliphatic carbocycles. The number of hydrogen-bond acceptors (Lipinski definition) is 4. The second kappa shape index (κ2) is 7.66. The normalized spacial score (nSPS) is 10.8. The molecule has 0 saturated carbocycles. The molecular formula is C22H23NO4. The first-order valence-corrected chi connectivity index (χ1v) is 9.03. The Bertz CT molecular complexity index is 1040. The zero-order valence-electron chi connectivity index (χ0n) is 16.0. The van der Waals surface area contributed by atoms with Crippen LogP contribution in [0.1, 0.15) is 41.1 Å². The van der Waals surface area contributed by atoms with Crippen molar-refractivity contribution in [3.05, 3.63) is 69.1 Å². The third kappa shape index (κ3) is 3.45. The van der Waals surface area contributed by atoms with Crippen molar-refractivity contribution in [1.82, 2.24) is 0 Å². The number of anilines is 1. The summed E-state index contributed by atoms with van der Waals surface area (Å²) in [6.45, 7) is 5.66. The lowest BCUT2D eigenvalue weighted by atomic mass is 10.0. The van der Waals surface area contributed by atoms with Crippen LogP contribution in [-0.2, 0) is 12.8 Å². The number of fused-ring (bicyclic) bond motifs is 1. The maximum absolute atomic E-state index is 13.0. The number of ether oxygens (including phenoxy) is 1. The van der Waals surface area contributed by atoms with Gasteiger partial charge in [0.15, 0.2) is 0 Å². The van der Waals surface area contributed by atoms with Crippen LogP contribution in [0.15, 0.2) is 45.6 Å². The van der Waals surface area contributed by atoms with E-state index in [1.807, 2.05) is 26.0 Å². The van der Waals surface area contributed by atoms with E-state index in [9.17, 15) is 9.59 Å². The highest BCUT2D eigenvalue weighted by atomic mass is 16.5. The molecule has 0 atom stereocenters. The zero-order valence-corrected chi connectivity index (χ0v) is 16.0. The molecule has 3 aromatic rings. The molecule has 0 aliphatic rings. The first kappa shape index (κ1) is 18.7. The molecule has 1 aromatic heterocycles. The van der Waals surface area contributed by atoms with Crippen molar-refractivity contribution >= 4 is 22.6 Å². The minimum Gasteiger partial charge on any atom is -0.497 e. The SMILES string of the molecule is CCc1cc(OC)cc(CC)c1NC(=O)c1c(C)oc2ccccc2c1=O. The predicted octanol–water partition coefficient (Wildman–Crippen LogP) is 4.49. The van der Waals surface area contributed by atoms with Gasteiger partial charge in [-0.1, -0.05) is 26.0 Å². The lowest BCUT2D eigenvalue weighted by Gasteiger charge is -2.16. The van der Waals surface area contributed by atoms with E-state index in [1.165, 1.54) is 0 Å². The lowest BCUT2D eigenvalue weighted by Crippen LogP contribution is -2.24. The van der Waals surface area contributed by atoms with Crippen LogP contribution < -0.4 is 15.5 Å². The number of benzene rings is 2. The Morgan fingerprint density at radius 1 is 1.11 bits per heavy atom. The first-order valence-electron chi connectivity index (χ1n) is 9.03. The van der Waals surface area contributed by atoms with Gasteiger partial charge in [-0.2, -0.15) is 0 Å². The van der Waals surface area contributed by atoms with Gasteiger partial charge in [-0.15, -0.1) is 0 Å². The van der Waals surface area contributed by atoms with Gasteiger partial charge in [-0.25, -0.2) is 0 Å². The van der Waals surface area contributed by atoms with E-state index >= 15 is 0 Å². The van der Waals surface area contributed by atoms with E-state index in [4.69, 9.17) is 9.15 Å². The van der Waals surface area contributed by atoms with E-state index in [1.54, 1.807) is 38.3 Å². The molecular weight excluding hydrogens is 342 g/mol. The van der Waals surface area contributed by atoms with Gasteiger partial charge < -0.3 is 14.5 Å². The van der Waals surface area contributed by atoms with Crippen LogP contribution in [-0.4, -0.2) is 13.0 Å². The van der Waals surface area contributed by atoms with Crippen LogP contribution in [0.3, 0.4) is 0 Å². The summed E-state index contributed by atoms with van der Waals surface area (Å²) in [7, 11) is 1.62. The number of nitrogens with one attached hydrogen (secondary N) is 1. The number of carbonyl (C=O) groups is 1. The van der Waals surface area contributed by atoms with Crippen molar-refractivity contribution < 1.29 is 13.9 Å². The molecule has 0 spiro atoms. The summed E-state index contributed by atoms with van der Waals surface area (Å²) in [6, 6.07) is 10.8. The molecule has 0 unspecified atom stereocenters. The molecule has 0 bridgehead atoms. The Kier molecular flexibility index (Phi) is 5.31. The largest absolute Gasteiger partial charge is 0.497 e. The summed E-state index contributed by atoms with van der Waals surface area (Å²) in [5.74, 6) is 0.602. The topological polar surface area (TPSA) is 68.5 Å². The molecule has 0 saturated heterocycles. The fourth-order valence-electron chi connectivity index (χ4n) is 3.26. The number of carbonyl (C=O) groups excluding carboxylic acids is 1. The van der Waals surface area contributed by atoms with Crippen LogP contribution in [0.4, 0.5) is 5.69 Å².